The van der Waals surface area contributed by atoms with Gasteiger partial charge in [0, 0.05) is 11.2 Å². The van der Waals surface area contributed by atoms with Crippen molar-refractivity contribution < 1.29 is 0 Å². The van der Waals surface area contributed by atoms with E-state index in [1.807, 2.05) is 13.8 Å². The van der Waals surface area contributed by atoms with E-state index >= 15 is 0 Å². The number of halogens is 2. The highest BCUT2D eigenvalue weighted by Crippen LogP contribution is 1.67. The minimum Gasteiger partial charge on any atom is -0.127 e. The van der Waals surface area contributed by atoms with E-state index in [0.717, 1.165) is 11.2 Å². The molecule has 0 aromatic heterocycles. The van der Waals surface area contributed by atoms with Gasteiger partial charge in [0.2, 0.25) is 0 Å². The summed E-state index contributed by atoms with van der Waals surface area (Å²) < 4.78 is 0. The van der Waals surface area contributed by atoms with E-state index in [9.17, 15) is 0 Å². The number of hydrogen-bond donors (Lipinski definition) is 0. The van der Waals surface area contributed by atoms with Crippen molar-refractivity contribution in [3.05, 3.63) is 0 Å². The molecule has 0 rings (SSSR count). The molecule has 0 aliphatic heterocycles. The third-order valence-corrected chi connectivity index (χ3v) is 0. The highest BCUT2D eigenvalue weighted by Gasteiger charge is 1.38. The van der Waals surface area contributed by atoms with Crippen LogP contribution >= 0.6 is 27.5 Å². The lowest BCUT2D eigenvalue weighted by Crippen LogP contribution is -1.36. The molecular formula is C4H10BrCl. The fraction of sp³-hybridized carbons (Fsp3) is 1.00. The van der Waals surface area contributed by atoms with Gasteiger partial charge in [-0.3, -0.25) is 0 Å². The summed E-state index contributed by atoms with van der Waals surface area (Å²) in [6.07, 6.45) is 0. The third kappa shape index (κ3) is 114. The van der Waals surface area contributed by atoms with E-state index in [4.69, 9.17) is 11.6 Å². The molecule has 0 saturated carbocycles. The minimum atomic E-state index is 0.722. The van der Waals surface area contributed by atoms with E-state index in [1.165, 1.54) is 0 Å². The van der Waals surface area contributed by atoms with Crippen molar-refractivity contribution >= 4 is 27.5 Å². The first-order chi connectivity index (χ1) is 2.83. The van der Waals surface area contributed by atoms with Gasteiger partial charge in [0.25, 0.3) is 0 Å². The van der Waals surface area contributed by atoms with Gasteiger partial charge in [0.1, 0.15) is 0 Å². The largest absolute Gasteiger partial charge is 0.127 e. The Morgan fingerprint density at radius 1 is 1.50 bits per heavy atom. The van der Waals surface area contributed by atoms with E-state index < -0.39 is 0 Å². The van der Waals surface area contributed by atoms with Gasteiger partial charge in [0.15, 0.2) is 0 Å². The second-order valence-electron chi connectivity index (χ2n) is 0.535. The van der Waals surface area contributed by atoms with Gasteiger partial charge in [-0.15, -0.1) is 11.6 Å². The van der Waals surface area contributed by atoms with Crippen molar-refractivity contribution in [2.45, 2.75) is 13.8 Å². The maximum atomic E-state index is 5.00. The number of hydrogen-bond acceptors (Lipinski definition) is 0. The van der Waals surface area contributed by atoms with Gasteiger partial charge >= 0.3 is 0 Å². The first kappa shape index (κ1) is 9.91. The molecule has 0 heterocycles. The van der Waals surface area contributed by atoms with Crippen LogP contribution in [0, 0.1) is 0 Å². The molecule has 0 fully saturated rings. The van der Waals surface area contributed by atoms with Gasteiger partial charge in [-0.05, 0) is 0 Å². The van der Waals surface area contributed by atoms with Crippen LogP contribution in [-0.2, 0) is 0 Å². The molecule has 6 heavy (non-hydrogen) atoms. The Labute approximate surface area is 53.0 Å². The van der Waals surface area contributed by atoms with Gasteiger partial charge in [0.05, 0.1) is 0 Å². The lowest BCUT2D eigenvalue weighted by molar-refractivity contribution is 1.51. The highest BCUT2D eigenvalue weighted by atomic mass is 79.9. The smallest absolute Gasteiger partial charge is 0.0195 e. The predicted octanol–water partition coefficient (Wildman–Crippen LogP) is 2.65. The SMILES string of the molecule is CCBr.CCCl. The van der Waals surface area contributed by atoms with Crippen molar-refractivity contribution in [2.24, 2.45) is 0 Å². The van der Waals surface area contributed by atoms with Crippen LogP contribution in [0.5, 0.6) is 0 Å². The molecule has 0 aliphatic carbocycles. The summed E-state index contributed by atoms with van der Waals surface area (Å²) in [6, 6.07) is 0. The molecule has 0 radical (unpaired) electrons. The van der Waals surface area contributed by atoms with Crippen LogP contribution in [0.2, 0.25) is 0 Å². The van der Waals surface area contributed by atoms with Gasteiger partial charge in [-0.1, -0.05) is 29.8 Å². The van der Waals surface area contributed by atoms with Crippen LogP contribution in [0.3, 0.4) is 0 Å². The molecule has 2 heteroatoms. The first-order valence-corrected chi connectivity index (χ1v) is 3.60. The van der Waals surface area contributed by atoms with Crippen molar-refractivity contribution in [3.8, 4) is 0 Å². The summed E-state index contributed by atoms with van der Waals surface area (Å²) >= 11 is 8.14. The van der Waals surface area contributed by atoms with Crippen LogP contribution in [0.25, 0.3) is 0 Å². The Balaban J connectivity index is 0. The quantitative estimate of drug-likeness (QED) is 0.494. The molecular weight excluding hydrogens is 163 g/mol. The summed E-state index contributed by atoms with van der Waals surface area (Å²) in [6.45, 7) is 3.93. The zero-order valence-electron chi connectivity index (χ0n) is 4.17. The Kier molecular flexibility index (Phi) is 28.2. The Hall–Kier alpha value is 0.770. The minimum absolute atomic E-state index is 0.722. The Morgan fingerprint density at radius 3 is 1.50 bits per heavy atom. The van der Waals surface area contributed by atoms with Crippen LogP contribution in [0.15, 0.2) is 0 Å². The molecule has 0 spiro atoms. The summed E-state index contributed by atoms with van der Waals surface area (Å²) in [5, 5.41) is 1.06. The van der Waals surface area contributed by atoms with Crippen LogP contribution in [0.4, 0.5) is 0 Å². The summed E-state index contributed by atoms with van der Waals surface area (Å²) in [5.41, 5.74) is 0. The van der Waals surface area contributed by atoms with E-state index in [0.29, 0.717) is 0 Å². The van der Waals surface area contributed by atoms with Gasteiger partial charge < -0.3 is 0 Å². The van der Waals surface area contributed by atoms with Crippen molar-refractivity contribution in [1.82, 2.24) is 0 Å². The molecule has 0 saturated heterocycles. The molecule has 0 amide bonds. The lowest BCUT2D eigenvalue weighted by atomic mass is 11.0. The molecule has 0 aromatic carbocycles. The fourth-order valence-electron chi connectivity index (χ4n) is 0. The Morgan fingerprint density at radius 2 is 1.50 bits per heavy atom. The van der Waals surface area contributed by atoms with Crippen molar-refractivity contribution in [3.63, 3.8) is 0 Å². The normalized spacial score (nSPS) is 6.00. The monoisotopic (exact) mass is 172 g/mol. The maximum Gasteiger partial charge on any atom is 0.0195 e. The Bertz CT molecular complexity index is 9.51. The zero-order valence-corrected chi connectivity index (χ0v) is 6.51. The molecule has 0 aliphatic rings. The molecule has 0 bridgehead atoms. The summed E-state index contributed by atoms with van der Waals surface area (Å²) in [4.78, 5) is 0. The van der Waals surface area contributed by atoms with Crippen LogP contribution < -0.4 is 0 Å². The van der Waals surface area contributed by atoms with Crippen LogP contribution in [0.1, 0.15) is 13.8 Å². The van der Waals surface area contributed by atoms with Crippen molar-refractivity contribution in [2.75, 3.05) is 11.2 Å². The highest BCUT2D eigenvalue weighted by molar-refractivity contribution is 9.09. The molecule has 0 N–H and O–H groups in total. The second-order valence-corrected chi connectivity index (χ2v) is 2.19. The van der Waals surface area contributed by atoms with E-state index in [-0.39, 0.29) is 0 Å². The third-order valence-electron chi connectivity index (χ3n) is 0. The fourth-order valence-corrected chi connectivity index (χ4v) is 0. The average molecular weight is 173 g/mol. The summed E-state index contributed by atoms with van der Waals surface area (Å²) in [7, 11) is 0. The molecule has 0 nitrogen and oxygen atoms in total. The summed E-state index contributed by atoms with van der Waals surface area (Å²) in [5.74, 6) is 0.722. The first-order valence-electron chi connectivity index (χ1n) is 1.95. The van der Waals surface area contributed by atoms with Crippen LogP contribution in [-0.4, -0.2) is 11.2 Å². The average Bonchev–Trinajstić information content (AvgIpc) is 1.39. The number of rotatable bonds is 0. The lowest BCUT2D eigenvalue weighted by Gasteiger charge is -1.45. The molecule has 40 valence electrons. The topological polar surface area (TPSA) is 0 Å². The van der Waals surface area contributed by atoms with Crippen molar-refractivity contribution in [1.29, 1.82) is 0 Å². The zero-order chi connectivity index (χ0) is 5.41. The van der Waals surface area contributed by atoms with Gasteiger partial charge in [-0.2, -0.15) is 0 Å². The molecule has 0 aromatic rings. The predicted molar refractivity (Wildman–Crippen MR) is 35.9 cm³/mol. The number of alkyl halides is 2. The second kappa shape index (κ2) is 17.1. The molecule has 0 unspecified atom stereocenters. The maximum absolute atomic E-state index is 5.00. The van der Waals surface area contributed by atoms with Gasteiger partial charge in [-0.25, -0.2) is 0 Å². The standard InChI is InChI=1S/C2H5Br.C2H5Cl/c2*1-2-3/h2*2H2,1H3. The van der Waals surface area contributed by atoms with E-state index in [1.54, 1.807) is 0 Å². The molecule has 0 atom stereocenters. The van der Waals surface area contributed by atoms with E-state index in [2.05, 4.69) is 15.9 Å².